The molecule has 0 aromatic carbocycles. The fraction of sp³-hybridized carbons (Fsp3) is 0.500. The molecule has 2 aromatic heterocycles. The zero-order valence-corrected chi connectivity index (χ0v) is 13.5. The van der Waals surface area contributed by atoms with Gasteiger partial charge in [0.2, 0.25) is 0 Å². The fourth-order valence-corrected chi connectivity index (χ4v) is 2.78. The highest BCUT2D eigenvalue weighted by molar-refractivity contribution is 5.76. The molecule has 25 heavy (non-hydrogen) atoms. The molecular weight excluding hydrogens is 336 g/mol. The maximum Gasteiger partial charge on any atom is 0.326 e. The van der Waals surface area contributed by atoms with Gasteiger partial charge < -0.3 is 19.2 Å². The minimum absolute atomic E-state index is 0.0109. The normalized spacial score (nSPS) is 22.9. The number of rotatable bonds is 4. The molecule has 1 aliphatic rings. The highest BCUT2D eigenvalue weighted by Gasteiger charge is 2.41. The SMILES string of the molecule is CC(=O)OC[C@@H]1C[C@@H](OC(C)=O)[C@H](c2n[nH]c3c(=O)[nH]c(=O)[nH]c23)O1. The number of aromatic nitrogens is 4. The van der Waals surface area contributed by atoms with Gasteiger partial charge in [0, 0.05) is 20.3 Å². The Bertz CT molecular complexity index is 927. The molecule has 3 rings (SSSR count). The Kier molecular flexibility index (Phi) is 4.40. The molecule has 3 atom stereocenters. The van der Waals surface area contributed by atoms with Gasteiger partial charge >= 0.3 is 17.6 Å². The number of carbonyl (C=O) groups excluding carboxylic acids is 2. The van der Waals surface area contributed by atoms with Gasteiger partial charge in [-0.05, 0) is 0 Å². The maximum atomic E-state index is 11.8. The van der Waals surface area contributed by atoms with Crippen LogP contribution < -0.4 is 11.2 Å². The van der Waals surface area contributed by atoms with E-state index >= 15 is 0 Å². The molecule has 2 aromatic rings. The van der Waals surface area contributed by atoms with Gasteiger partial charge in [0.1, 0.15) is 30.0 Å². The predicted octanol–water partition coefficient (Wildman–Crippen LogP) is -0.736. The summed E-state index contributed by atoms with van der Waals surface area (Å²) in [4.78, 5) is 50.2. The zero-order valence-electron chi connectivity index (χ0n) is 13.5. The molecule has 0 unspecified atom stereocenters. The Labute approximate surface area is 139 Å². The first-order valence-corrected chi connectivity index (χ1v) is 7.51. The van der Waals surface area contributed by atoms with Gasteiger partial charge in [-0.3, -0.25) is 24.5 Å². The molecule has 11 nitrogen and oxygen atoms in total. The second kappa shape index (κ2) is 6.51. The average Bonchev–Trinajstić information content (AvgIpc) is 3.08. The summed E-state index contributed by atoms with van der Waals surface area (Å²) >= 11 is 0. The molecule has 0 aliphatic carbocycles. The van der Waals surface area contributed by atoms with E-state index in [0.29, 0.717) is 0 Å². The van der Waals surface area contributed by atoms with Crippen molar-refractivity contribution in [2.45, 2.75) is 38.6 Å². The molecule has 1 fully saturated rings. The summed E-state index contributed by atoms with van der Waals surface area (Å²) in [6.45, 7) is 2.52. The van der Waals surface area contributed by atoms with E-state index in [-0.39, 0.29) is 29.8 Å². The third-order valence-electron chi connectivity index (χ3n) is 3.72. The van der Waals surface area contributed by atoms with Crippen molar-refractivity contribution < 1.29 is 23.8 Å². The Morgan fingerprint density at radius 2 is 1.96 bits per heavy atom. The van der Waals surface area contributed by atoms with E-state index in [2.05, 4.69) is 20.2 Å². The van der Waals surface area contributed by atoms with Gasteiger partial charge in [-0.15, -0.1) is 0 Å². The third kappa shape index (κ3) is 3.45. The number of H-pyrrole nitrogens is 3. The van der Waals surface area contributed by atoms with Crippen molar-refractivity contribution in [1.82, 2.24) is 20.2 Å². The van der Waals surface area contributed by atoms with E-state index in [1.165, 1.54) is 13.8 Å². The average molecular weight is 352 g/mol. The van der Waals surface area contributed by atoms with Crippen LogP contribution in [0, 0.1) is 0 Å². The lowest BCUT2D eigenvalue weighted by Crippen LogP contribution is -2.23. The van der Waals surface area contributed by atoms with Crippen LogP contribution in [0.5, 0.6) is 0 Å². The quantitative estimate of drug-likeness (QED) is 0.608. The second-order valence-corrected chi connectivity index (χ2v) is 5.63. The molecule has 3 N–H and O–H groups in total. The minimum atomic E-state index is -0.823. The highest BCUT2D eigenvalue weighted by Crippen LogP contribution is 2.36. The summed E-state index contributed by atoms with van der Waals surface area (Å²) in [5.41, 5.74) is -0.850. The number of nitrogens with zero attached hydrogens (tertiary/aromatic N) is 1. The number of nitrogens with one attached hydrogen (secondary N) is 3. The number of carbonyl (C=O) groups is 2. The van der Waals surface area contributed by atoms with Crippen LogP contribution in [0.25, 0.3) is 11.0 Å². The van der Waals surface area contributed by atoms with Gasteiger partial charge in [-0.25, -0.2) is 4.79 Å². The summed E-state index contributed by atoms with van der Waals surface area (Å²) in [6.07, 6.45) is -1.76. The smallest absolute Gasteiger partial charge is 0.326 e. The Balaban J connectivity index is 1.95. The first kappa shape index (κ1) is 16.9. The van der Waals surface area contributed by atoms with E-state index in [0.717, 1.165) is 0 Å². The monoisotopic (exact) mass is 352 g/mol. The topological polar surface area (TPSA) is 156 Å². The number of hydrogen-bond donors (Lipinski definition) is 3. The Morgan fingerprint density at radius 3 is 2.64 bits per heavy atom. The van der Waals surface area contributed by atoms with Crippen LogP contribution in [0.2, 0.25) is 0 Å². The van der Waals surface area contributed by atoms with Crippen molar-refractivity contribution in [1.29, 1.82) is 0 Å². The molecular formula is C14H16N4O7. The van der Waals surface area contributed by atoms with Crippen LogP contribution in [-0.2, 0) is 23.8 Å². The number of aromatic amines is 3. The van der Waals surface area contributed by atoms with Crippen LogP contribution in [0.1, 0.15) is 32.1 Å². The molecule has 1 aliphatic heterocycles. The van der Waals surface area contributed by atoms with E-state index < -0.39 is 41.5 Å². The van der Waals surface area contributed by atoms with Crippen LogP contribution >= 0.6 is 0 Å². The molecule has 0 saturated carbocycles. The molecule has 3 heterocycles. The Hall–Kier alpha value is -2.95. The van der Waals surface area contributed by atoms with Crippen molar-refractivity contribution in [3.63, 3.8) is 0 Å². The van der Waals surface area contributed by atoms with E-state index in [9.17, 15) is 19.2 Å². The van der Waals surface area contributed by atoms with Gasteiger partial charge in [0.15, 0.2) is 0 Å². The van der Waals surface area contributed by atoms with E-state index in [4.69, 9.17) is 14.2 Å². The molecule has 1 saturated heterocycles. The molecule has 0 spiro atoms. The summed E-state index contributed by atoms with van der Waals surface area (Å²) in [6, 6.07) is 0. The molecule has 0 amide bonds. The van der Waals surface area contributed by atoms with Gasteiger partial charge in [-0.2, -0.15) is 5.10 Å². The van der Waals surface area contributed by atoms with Crippen LogP contribution in [0.15, 0.2) is 9.59 Å². The molecule has 11 heteroatoms. The van der Waals surface area contributed by atoms with Crippen LogP contribution in [0.4, 0.5) is 0 Å². The summed E-state index contributed by atoms with van der Waals surface area (Å²) in [5, 5.41) is 6.56. The molecule has 0 bridgehead atoms. The highest BCUT2D eigenvalue weighted by atomic mass is 16.6. The van der Waals surface area contributed by atoms with Crippen molar-refractivity contribution in [3.05, 3.63) is 26.5 Å². The number of ether oxygens (including phenoxy) is 3. The summed E-state index contributed by atoms with van der Waals surface area (Å²) in [7, 11) is 0. The van der Waals surface area contributed by atoms with E-state index in [1.54, 1.807) is 0 Å². The summed E-state index contributed by atoms with van der Waals surface area (Å²) in [5.74, 6) is -0.977. The van der Waals surface area contributed by atoms with Crippen LogP contribution in [0.3, 0.4) is 0 Å². The standard InChI is InChI=1S/C14H16N4O7/c1-5(19)23-4-7-3-8(24-6(2)20)12(25-7)10-9-11(18-17-10)13(21)16-14(22)15-9/h7-8,12H,3-4H2,1-2H3,(H,17,18)(H2,15,16,21,22)/t7-,8+,12+/m0/s1. The lowest BCUT2D eigenvalue weighted by atomic mass is 10.1. The predicted molar refractivity (Wildman–Crippen MR) is 81.8 cm³/mol. The molecule has 0 radical (unpaired) electrons. The minimum Gasteiger partial charge on any atom is -0.463 e. The first-order valence-electron chi connectivity index (χ1n) is 7.51. The lowest BCUT2D eigenvalue weighted by molar-refractivity contribution is -0.149. The van der Waals surface area contributed by atoms with Gasteiger partial charge in [0.25, 0.3) is 5.56 Å². The second-order valence-electron chi connectivity index (χ2n) is 5.63. The van der Waals surface area contributed by atoms with Crippen molar-refractivity contribution in [2.24, 2.45) is 0 Å². The molecule has 134 valence electrons. The number of hydrogen-bond acceptors (Lipinski definition) is 8. The maximum absolute atomic E-state index is 11.8. The van der Waals surface area contributed by atoms with Crippen molar-refractivity contribution in [3.8, 4) is 0 Å². The lowest BCUT2D eigenvalue weighted by Gasteiger charge is -2.16. The Morgan fingerprint density at radius 1 is 1.20 bits per heavy atom. The fourth-order valence-electron chi connectivity index (χ4n) is 2.78. The van der Waals surface area contributed by atoms with Crippen molar-refractivity contribution >= 4 is 23.0 Å². The number of fused-ring (bicyclic) bond motifs is 1. The van der Waals surface area contributed by atoms with Gasteiger partial charge in [0.05, 0.1) is 11.6 Å². The third-order valence-corrected chi connectivity index (χ3v) is 3.72. The van der Waals surface area contributed by atoms with Crippen molar-refractivity contribution in [2.75, 3.05) is 6.61 Å². The summed E-state index contributed by atoms with van der Waals surface area (Å²) < 4.78 is 16.0. The van der Waals surface area contributed by atoms with Gasteiger partial charge in [-0.1, -0.05) is 0 Å². The van der Waals surface area contributed by atoms with Crippen LogP contribution in [-0.4, -0.2) is 50.9 Å². The zero-order chi connectivity index (χ0) is 18.1. The first-order chi connectivity index (χ1) is 11.8. The largest absolute Gasteiger partial charge is 0.463 e. The van der Waals surface area contributed by atoms with E-state index in [1.807, 2.05) is 0 Å². The number of esters is 2.